The van der Waals surface area contributed by atoms with Crippen molar-refractivity contribution in [2.24, 2.45) is 0 Å². The van der Waals surface area contributed by atoms with E-state index in [0.29, 0.717) is 0 Å². The van der Waals surface area contributed by atoms with Gasteiger partial charge in [0, 0.05) is 28.6 Å². The van der Waals surface area contributed by atoms with Gasteiger partial charge in [-0.15, -0.1) is 0 Å². The Hall–Kier alpha value is -2.80. The minimum Gasteiger partial charge on any atom is -0.340 e. The lowest BCUT2D eigenvalue weighted by Crippen LogP contribution is -2.10. The average Bonchev–Trinajstić information content (AvgIpc) is 2.97. The zero-order valence-electron chi connectivity index (χ0n) is 12.9. The van der Waals surface area contributed by atoms with Crippen LogP contribution in [0.25, 0.3) is 33.3 Å². The molecule has 23 heavy (non-hydrogen) atoms. The van der Waals surface area contributed by atoms with E-state index in [-0.39, 0.29) is 0 Å². The molecule has 0 spiro atoms. The van der Waals surface area contributed by atoms with Crippen molar-refractivity contribution in [3.05, 3.63) is 84.4 Å². The van der Waals surface area contributed by atoms with Gasteiger partial charge in [0.15, 0.2) is 0 Å². The van der Waals surface area contributed by atoms with Crippen LogP contribution in [0.3, 0.4) is 0 Å². The second-order valence-corrected chi connectivity index (χ2v) is 6.17. The number of benzene rings is 3. The van der Waals surface area contributed by atoms with Crippen LogP contribution in [0.4, 0.5) is 0 Å². The van der Waals surface area contributed by atoms with Crippen LogP contribution in [0.5, 0.6) is 0 Å². The van der Waals surface area contributed by atoms with E-state index in [1.54, 1.807) is 0 Å². The van der Waals surface area contributed by atoms with Crippen LogP contribution in [-0.2, 0) is 13.0 Å². The fourth-order valence-corrected chi connectivity index (χ4v) is 3.91. The topological polar surface area (TPSA) is 4.93 Å². The van der Waals surface area contributed by atoms with E-state index in [9.17, 15) is 0 Å². The molecular weight excluding hydrogens is 278 g/mol. The summed E-state index contributed by atoms with van der Waals surface area (Å²) in [6.07, 6.45) is 1.11. The maximum Gasteiger partial charge on any atom is 0.0573 e. The van der Waals surface area contributed by atoms with Crippen molar-refractivity contribution in [3.63, 3.8) is 0 Å². The largest absolute Gasteiger partial charge is 0.340 e. The highest BCUT2D eigenvalue weighted by atomic mass is 15.0. The molecular formula is C22H17N. The SMILES string of the molecule is c1ccc(-c2c3n(c4ccccc24)CCc2ccccc2-3)cc1. The molecule has 0 unspecified atom stereocenters. The Balaban J connectivity index is 1.95. The summed E-state index contributed by atoms with van der Waals surface area (Å²) in [5.74, 6) is 0. The highest BCUT2D eigenvalue weighted by Gasteiger charge is 2.24. The van der Waals surface area contributed by atoms with Gasteiger partial charge < -0.3 is 4.57 Å². The number of aromatic nitrogens is 1. The maximum absolute atomic E-state index is 2.50. The predicted molar refractivity (Wildman–Crippen MR) is 96.5 cm³/mol. The number of nitrogens with zero attached hydrogens (tertiary/aromatic N) is 1. The van der Waals surface area contributed by atoms with Crippen molar-refractivity contribution in [1.82, 2.24) is 4.57 Å². The Morgan fingerprint density at radius 3 is 2.35 bits per heavy atom. The van der Waals surface area contributed by atoms with Gasteiger partial charge in [0.05, 0.1) is 5.69 Å². The number of rotatable bonds is 1. The van der Waals surface area contributed by atoms with Gasteiger partial charge in [0.25, 0.3) is 0 Å². The van der Waals surface area contributed by atoms with Gasteiger partial charge in [-0.1, -0.05) is 72.8 Å². The van der Waals surface area contributed by atoms with E-state index in [1.165, 1.54) is 38.9 Å². The third-order valence-corrected chi connectivity index (χ3v) is 4.91. The third kappa shape index (κ3) is 1.80. The first-order chi connectivity index (χ1) is 11.4. The number of aryl methyl sites for hydroxylation is 2. The molecule has 0 saturated heterocycles. The molecule has 2 heterocycles. The zero-order chi connectivity index (χ0) is 15.2. The summed E-state index contributed by atoms with van der Waals surface area (Å²) in [6, 6.07) is 28.4. The summed E-state index contributed by atoms with van der Waals surface area (Å²) >= 11 is 0. The summed E-state index contributed by atoms with van der Waals surface area (Å²) in [7, 11) is 0. The molecule has 0 amide bonds. The van der Waals surface area contributed by atoms with Gasteiger partial charge >= 0.3 is 0 Å². The van der Waals surface area contributed by atoms with Crippen LogP contribution >= 0.6 is 0 Å². The monoisotopic (exact) mass is 295 g/mol. The lowest BCUT2D eigenvalue weighted by Gasteiger charge is -2.21. The van der Waals surface area contributed by atoms with E-state index in [4.69, 9.17) is 0 Å². The molecule has 1 aromatic heterocycles. The molecule has 1 heteroatoms. The van der Waals surface area contributed by atoms with Gasteiger partial charge in [-0.2, -0.15) is 0 Å². The van der Waals surface area contributed by atoms with Crippen molar-refractivity contribution < 1.29 is 0 Å². The number of hydrogen-bond acceptors (Lipinski definition) is 0. The molecule has 0 radical (unpaired) electrons. The quantitative estimate of drug-likeness (QED) is 0.435. The Kier molecular flexibility index (Phi) is 2.68. The summed E-state index contributed by atoms with van der Waals surface area (Å²) < 4.78 is 2.50. The highest BCUT2D eigenvalue weighted by molar-refractivity contribution is 6.05. The number of hydrogen-bond donors (Lipinski definition) is 0. The average molecular weight is 295 g/mol. The van der Waals surface area contributed by atoms with E-state index in [2.05, 4.69) is 83.4 Å². The first-order valence-electron chi connectivity index (χ1n) is 8.18. The van der Waals surface area contributed by atoms with Crippen LogP contribution in [0, 0.1) is 0 Å². The smallest absolute Gasteiger partial charge is 0.0573 e. The summed E-state index contributed by atoms with van der Waals surface area (Å²) in [4.78, 5) is 0. The molecule has 0 bridgehead atoms. The van der Waals surface area contributed by atoms with Gasteiger partial charge in [0.2, 0.25) is 0 Å². The normalized spacial score (nSPS) is 12.9. The molecule has 110 valence electrons. The first-order valence-corrected chi connectivity index (χ1v) is 8.18. The van der Waals surface area contributed by atoms with E-state index < -0.39 is 0 Å². The number of para-hydroxylation sites is 1. The van der Waals surface area contributed by atoms with Crippen molar-refractivity contribution in [1.29, 1.82) is 0 Å². The molecule has 4 aromatic rings. The zero-order valence-corrected chi connectivity index (χ0v) is 12.9. The Morgan fingerprint density at radius 1 is 0.696 bits per heavy atom. The van der Waals surface area contributed by atoms with Gasteiger partial charge in [0.1, 0.15) is 0 Å². The molecule has 0 atom stereocenters. The first kappa shape index (κ1) is 12.7. The minimum absolute atomic E-state index is 1.06. The summed E-state index contributed by atoms with van der Waals surface area (Å²) in [5, 5.41) is 1.35. The standard InChI is InChI=1S/C22H17N/c1-2-9-17(10-3-1)21-19-12-6-7-13-20(19)23-15-14-16-8-4-5-11-18(16)22(21)23/h1-13H,14-15H2. The Labute approximate surface area is 135 Å². The van der Waals surface area contributed by atoms with E-state index >= 15 is 0 Å². The summed E-state index contributed by atoms with van der Waals surface area (Å²) in [6.45, 7) is 1.06. The lowest BCUT2D eigenvalue weighted by atomic mass is 9.93. The Bertz CT molecular complexity index is 1010. The Morgan fingerprint density at radius 2 is 1.43 bits per heavy atom. The highest BCUT2D eigenvalue weighted by Crippen LogP contribution is 2.43. The molecule has 1 nitrogen and oxygen atoms in total. The third-order valence-electron chi connectivity index (χ3n) is 4.91. The molecule has 0 aliphatic carbocycles. The molecule has 0 saturated carbocycles. The fraction of sp³-hybridized carbons (Fsp3) is 0.0909. The number of fused-ring (bicyclic) bond motifs is 5. The molecule has 0 fully saturated rings. The molecule has 1 aliphatic heterocycles. The maximum atomic E-state index is 2.50. The van der Waals surface area contributed by atoms with Crippen molar-refractivity contribution in [2.45, 2.75) is 13.0 Å². The van der Waals surface area contributed by atoms with Crippen molar-refractivity contribution in [2.75, 3.05) is 0 Å². The van der Waals surface area contributed by atoms with Crippen LogP contribution < -0.4 is 0 Å². The second kappa shape index (κ2) is 4.85. The molecule has 5 rings (SSSR count). The van der Waals surface area contributed by atoms with Crippen LogP contribution in [0.2, 0.25) is 0 Å². The van der Waals surface area contributed by atoms with Crippen LogP contribution in [-0.4, -0.2) is 4.57 Å². The fourth-order valence-electron chi connectivity index (χ4n) is 3.91. The molecule has 0 N–H and O–H groups in total. The van der Waals surface area contributed by atoms with E-state index in [0.717, 1.165) is 13.0 Å². The van der Waals surface area contributed by atoms with Gasteiger partial charge in [-0.3, -0.25) is 0 Å². The summed E-state index contributed by atoms with van der Waals surface area (Å²) in [5.41, 5.74) is 8.23. The van der Waals surface area contributed by atoms with Crippen molar-refractivity contribution in [3.8, 4) is 22.4 Å². The van der Waals surface area contributed by atoms with E-state index in [1.807, 2.05) is 0 Å². The molecule has 1 aliphatic rings. The predicted octanol–water partition coefficient (Wildman–Crippen LogP) is 5.53. The van der Waals surface area contributed by atoms with Crippen LogP contribution in [0.1, 0.15) is 5.56 Å². The van der Waals surface area contributed by atoms with Gasteiger partial charge in [-0.25, -0.2) is 0 Å². The molecule has 3 aromatic carbocycles. The lowest BCUT2D eigenvalue weighted by molar-refractivity contribution is 0.710. The minimum atomic E-state index is 1.06. The second-order valence-electron chi connectivity index (χ2n) is 6.17. The van der Waals surface area contributed by atoms with Crippen molar-refractivity contribution >= 4 is 10.9 Å². The van der Waals surface area contributed by atoms with Gasteiger partial charge in [-0.05, 0) is 23.6 Å². The van der Waals surface area contributed by atoms with Crippen LogP contribution in [0.15, 0.2) is 78.9 Å².